The molecule has 0 fully saturated rings. The van der Waals surface area contributed by atoms with Crippen LogP contribution in [0.3, 0.4) is 0 Å². The molecule has 124 valence electrons. The highest BCUT2D eigenvalue weighted by molar-refractivity contribution is 7.92. The number of carboxylic acids is 1. The molecule has 0 aromatic heterocycles. The Hall–Kier alpha value is -1.76. The number of rotatable bonds is 10. The van der Waals surface area contributed by atoms with Crippen molar-refractivity contribution in [2.45, 2.75) is 45.4 Å². The lowest BCUT2D eigenvalue weighted by atomic mass is 10.1. The van der Waals surface area contributed by atoms with E-state index in [1.54, 1.807) is 0 Å². The second kappa shape index (κ2) is 8.63. The maximum atomic E-state index is 11.9. The number of anilines is 1. The molecule has 0 aliphatic rings. The smallest absolute Gasteiger partial charge is 0.339 e. The third-order valence-corrected chi connectivity index (χ3v) is 4.64. The van der Waals surface area contributed by atoms with E-state index in [2.05, 4.69) is 11.6 Å². The number of aromatic carboxylic acids is 1. The van der Waals surface area contributed by atoms with E-state index in [4.69, 9.17) is 5.11 Å². The van der Waals surface area contributed by atoms with Gasteiger partial charge in [0.25, 0.3) is 0 Å². The zero-order chi connectivity index (χ0) is 16.6. The largest absolute Gasteiger partial charge is 0.507 e. The lowest BCUT2D eigenvalue weighted by Gasteiger charge is -2.09. The van der Waals surface area contributed by atoms with Gasteiger partial charge in [0.05, 0.1) is 11.4 Å². The molecule has 0 amide bonds. The monoisotopic (exact) mass is 329 g/mol. The summed E-state index contributed by atoms with van der Waals surface area (Å²) in [7, 11) is -3.49. The van der Waals surface area contributed by atoms with E-state index in [0.717, 1.165) is 31.7 Å². The van der Waals surface area contributed by atoms with Crippen LogP contribution >= 0.6 is 0 Å². The Labute approximate surface area is 131 Å². The van der Waals surface area contributed by atoms with Gasteiger partial charge in [0, 0.05) is 6.07 Å². The average Bonchev–Trinajstić information content (AvgIpc) is 2.41. The molecule has 0 aliphatic heterocycles. The first-order chi connectivity index (χ1) is 10.4. The lowest BCUT2D eigenvalue weighted by molar-refractivity contribution is 0.0694. The molecule has 0 unspecified atom stereocenters. The second-order valence-electron chi connectivity index (χ2n) is 5.23. The number of unbranched alkanes of at least 4 members (excludes halogenated alkanes) is 5. The third-order valence-electron chi connectivity index (χ3n) is 3.27. The fraction of sp³-hybridized carbons (Fsp3) is 0.533. The molecule has 6 nitrogen and oxygen atoms in total. The molecule has 0 spiro atoms. The zero-order valence-corrected chi connectivity index (χ0v) is 13.5. The van der Waals surface area contributed by atoms with Gasteiger partial charge in [-0.1, -0.05) is 39.0 Å². The highest BCUT2D eigenvalue weighted by Crippen LogP contribution is 2.22. The number of sulfonamides is 1. The molecular formula is C15H23NO5S. The van der Waals surface area contributed by atoms with Gasteiger partial charge in [-0.25, -0.2) is 13.2 Å². The number of hydrogen-bond donors (Lipinski definition) is 3. The maximum Gasteiger partial charge on any atom is 0.339 e. The second-order valence-corrected chi connectivity index (χ2v) is 7.07. The van der Waals surface area contributed by atoms with Crippen LogP contribution in [0.1, 0.15) is 55.8 Å². The van der Waals surface area contributed by atoms with E-state index >= 15 is 0 Å². The Morgan fingerprint density at radius 2 is 1.77 bits per heavy atom. The van der Waals surface area contributed by atoms with E-state index in [1.807, 2.05) is 0 Å². The summed E-state index contributed by atoms with van der Waals surface area (Å²) in [6.45, 7) is 2.12. The predicted octanol–water partition coefficient (Wildman–Crippen LogP) is 3.19. The summed E-state index contributed by atoms with van der Waals surface area (Å²) in [5.74, 6) is -1.72. The standard InChI is InChI=1S/C15H23NO5S/c1-2-3-4-5-6-7-10-22(20,21)16-12-8-9-13(15(18)19)14(17)11-12/h8-9,11,16-17H,2-7,10H2,1H3,(H,18,19). The van der Waals surface area contributed by atoms with Crippen LogP contribution in [-0.4, -0.2) is 30.4 Å². The first-order valence-electron chi connectivity index (χ1n) is 7.42. The van der Waals surface area contributed by atoms with Crippen LogP contribution in [0.5, 0.6) is 5.75 Å². The van der Waals surface area contributed by atoms with Crippen molar-refractivity contribution >= 4 is 21.7 Å². The summed E-state index contributed by atoms with van der Waals surface area (Å²) in [6.07, 6.45) is 5.91. The normalized spacial score (nSPS) is 11.3. The topological polar surface area (TPSA) is 104 Å². The molecule has 0 bridgehead atoms. The molecule has 0 atom stereocenters. The molecule has 0 heterocycles. The highest BCUT2D eigenvalue weighted by Gasteiger charge is 2.13. The van der Waals surface area contributed by atoms with Crippen LogP contribution < -0.4 is 4.72 Å². The molecule has 1 aromatic rings. The van der Waals surface area contributed by atoms with Gasteiger partial charge in [0.15, 0.2) is 0 Å². The first-order valence-corrected chi connectivity index (χ1v) is 9.07. The Bertz CT molecular complexity index is 598. The summed E-state index contributed by atoms with van der Waals surface area (Å²) < 4.78 is 26.2. The molecule has 7 heteroatoms. The number of benzene rings is 1. The van der Waals surface area contributed by atoms with Crippen LogP contribution in [0, 0.1) is 0 Å². The average molecular weight is 329 g/mol. The van der Waals surface area contributed by atoms with Gasteiger partial charge in [-0.2, -0.15) is 0 Å². The summed E-state index contributed by atoms with van der Waals surface area (Å²) in [5.41, 5.74) is -0.104. The number of carboxylic acid groups (broad SMARTS) is 1. The van der Waals surface area contributed by atoms with Crippen LogP contribution in [0.15, 0.2) is 18.2 Å². The Kier molecular flexibility index (Phi) is 7.17. The van der Waals surface area contributed by atoms with Gasteiger partial charge in [0.2, 0.25) is 10.0 Å². The van der Waals surface area contributed by atoms with Crippen molar-refractivity contribution < 1.29 is 23.4 Å². The minimum atomic E-state index is -3.49. The van der Waals surface area contributed by atoms with Crippen LogP contribution in [0.25, 0.3) is 0 Å². The molecular weight excluding hydrogens is 306 g/mol. The number of phenols is 1. The quantitative estimate of drug-likeness (QED) is 0.572. The van der Waals surface area contributed by atoms with Crippen molar-refractivity contribution in [3.8, 4) is 5.75 Å². The van der Waals surface area contributed by atoms with Crippen molar-refractivity contribution in [2.24, 2.45) is 0 Å². The van der Waals surface area contributed by atoms with Crippen LogP contribution in [-0.2, 0) is 10.0 Å². The van der Waals surface area contributed by atoms with Gasteiger partial charge >= 0.3 is 5.97 Å². The molecule has 1 aromatic carbocycles. The van der Waals surface area contributed by atoms with Crippen molar-refractivity contribution in [1.82, 2.24) is 0 Å². The first kappa shape index (κ1) is 18.3. The molecule has 0 radical (unpaired) electrons. The van der Waals surface area contributed by atoms with E-state index in [1.165, 1.54) is 18.6 Å². The van der Waals surface area contributed by atoms with Gasteiger partial charge in [-0.15, -0.1) is 0 Å². The molecule has 1 rings (SSSR count). The summed E-state index contributed by atoms with van der Waals surface area (Å²) in [6, 6.07) is 3.59. The number of carbonyl (C=O) groups is 1. The number of aromatic hydroxyl groups is 1. The van der Waals surface area contributed by atoms with E-state index in [9.17, 15) is 18.3 Å². The lowest BCUT2D eigenvalue weighted by Crippen LogP contribution is -2.16. The molecule has 0 saturated carbocycles. The molecule has 3 N–H and O–H groups in total. The predicted molar refractivity (Wildman–Crippen MR) is 85.9 cm³/mol. The fourth-order valence-electron chi connectivity index (χ4n) is 2.08. The maximum absolute atomic E-state index is 11.9. The van der Waals surface area contributed by atoms with Crippen molar-refractivity contribution in [3.05, 3.63) is 23.8 Å². The zero-order valence-electron chi connectivity index (χ0n) is 12.7. The molecule has 22 heavy (non-hydrogen) atoms. The third kappa shape index (κ3) is 6.34. The summed E-state index contributed by atoms with van der Waals surface area (Å²) >= 11 is 0. The van der Waals surface area contributed by atoms with Crippen LogP contribution in [0.2, 0.25) is 0 Å². The summed E-state index contributed by atoms with van der Waals surface area (Å²) in [4.78, 5) is 10.8. The van der Waals surface area contributed by atoms with E-state index in [0.29, 0.717) is 6.42 Å². The Balaban J connectivity index is 2.51. The number of nitrogens with one attached hydrogen (secondary N) is 1. The highest BCUT2D eigenvalue weighted by atomic mass is 32.2. The molecule has 0 saturated heterocycles. The van der Waals surface area contributed by atoms with E-state index in [-0.39, 0.29) is 17.0 Å². The minimum Gasteiger partial charge on any atom is -0.507 e. The van der Waals surface area contributed by atoms with Gasteiger partial charge in [0.1, 0.15) is 11.3 Å². The molecule has 0 aliphatic carbocycles. The van der Waals surface area contributed by atoms with Crippen LogP contribution in [0.4, 0.5) is 5.69 Å². The SMILES string of the molecule is CCCCCCCCS(=O)(=O)Nc1ccc(C(=O)O)c(O)c1. The Morgan fingerprint density at radius 1 is 1.14 bits per heavy atom. The Morgan fingerprint density at radius 3 is 2.36 bits per heavy atom. The van der Waals surface area contributed by atoms with Gasteiger partial charge in [-0.3, -0.25) is 4.72 Å². The summed E-state index contributed by atoms with van der Waals surface area (Å²) in [5, 5.41) is 18.3. The van der Waals surface area contributed by atoms with Gasteiger partial charge in [-0.05, 0) is 18.6 Å². The fourth-order valence-corrected chi connectivity index (χ4v) is 3.25. The van der Waals surface area contributed by atoms with E-state index < -0.39 is 21.7 Å². The minimum absolute atomic E-state index is 0.0145. The van der Waals surface area contributed by atoms with Gasteiger partial charge < -0.3 is 10.2 Å². The number of hydrogen-bond acceptors (Lipinski definition) is 4. The van der Waals surface area contributed by atoms with Crippen molar-refractivity contribution in [2.75, 3.05) is 10.5 Å². The van der Waals surface area contributed by atoms with Crippen molar-refractivity contribution in [3.63, 3.8) is 0 Å². The van der Waals surface area contributed by atoms with Crippen molar-refractivity contribution in [1.29, 1.82) is 0 Å².